The van der Waals surface area contributed by atoms with Gasteiger partial charge in [0.15, 0.2) is 0 Å². The van der Waals surface area contributed by atoms with Gasteiger partial charge in [0.05, 0.1) is 0 Å². The second kappa shape index (κ2) is 6.83. The lowest BCUT2D eigenvalue weighted by Crippen LogP contribution is -2.36. The summed E-state index contributed by atoms with van der Waals surface area (Å²) in [5.41, 5.74) is 0.682. The van der Waals surface area contributed by atoms with Gasteiger partial charge in [-0.15, -0.1) is 0 Å². The van der Waals surface area contributed by atoms with Crippen molar-refractivity contribution in [3.63, 3.8) is 0 Å². The molecule has 5 nitrogen and oxygen atoms in total. The molecular weight excluding hydrogens is 308 g/mol. The predicted molar refractivity (Wildman–Crippen MR) is 79.8 cm³/mol. The predicted octanol–water partition coefficient (Wildman–Crippen LogP) is 2.30. The molecular formula is C15H15FNO4P. The van der Waals surface area contributed by atoms with Gasteiger partial charge < -0.3 is 15.1 Å². The number of amides is 1. The average Bonchev–Trinajstić information content (AvgIpc) is 2.46. The lowest BCUT2D eigenvalue weighted by atomic mass is 10.1. The number of carbonyl (C=O) groups excluding carboxylic acids is 1. The Labute approximate surface area is 127 Å². The summed E-state index contributed by atoms with van der Waals surface area (Å²) in [4.78, 5) is 30.8. The van der Waals surface area contributed by atoms with Crippen LogP contribution >= 0.6 is 7.60 Å². The summed E-state index contributed by atoms with van der Waals surface area (Å²) in [6, 6.07) is 13.5. The summed E-state index contributed by atoms with van der Waals surface area (Å²) in [7, 11) is -4.59. The standard InChI is InChI=1S/C15H15FNO4P/c16-13-8-4-5-11(9-13)10-14(22(19,20)21)17-15(18)12-6-2-1-3-7-12/h1-9,14H,10H2,(H,17,18)(H2,19,20,21). The molecule has 0 aliphatic rings. The van der Waals surface area contributed by atoms with E-state index in [4.69, 9.17) is 0 Å². The normalized spacial score (nSPS) is 12.7. The van der Waals surface area contributed by atoms with Crippen LogP contribution in [-0.2, 0) is 11.0 Å². The van der Waals surface area contributed by atoms with Gasteiger partial charge in [-0.1, -0.05) is 30.3 Å². The third-order valence-corrected chi connectivity index (χ3v) is 4.18. The van der Waals surface area contributed by atoms with Gasteiger partial charge >= 0.3 is 7.60 Å². The molecule has 0 aromatic heterocycles. The minimum absolute atomic E-state index is 0.166. The largest absolute Gasteiger partial charge is 0.347 e. The Morgan fingerprint density at radius 2 is 1.82 bits per heavy atom. The van der Waals surface area contributed by atoms with Gasteiger partial charge in [-0.3, -0.25) is 9.36 Å². The van der Waals surface area contributed by atoms with Crippen molar-refractivity contribution in [2.24, 2.45) is 0 Å². The fourth-order valence-electron chi connectivity index (χ4n) is 1.97. The van der Waals surface area contributed by atoms with E-state index in [0.717, 1.165) is 0 Å². The molecule has 7 heteroatoms. The number of benzene rings is 2. The smallest absolute Gasteiger partial charge is 0.338 e. The molecule has 0 bridgehead atoms. The van der Waals surface area contributed by atoms with E-state index < -0.39 is 25.1 Å². The number of halogens is 1. The fourth-order valence-corrected chi connectivity index (χ4v) is 2.70. The van der Waals surface area contributed by atoms with E-state index in [1.54, 1.807) is 24.3 Å². The molecule has 116 valence electrons. The molecule has 0 heterocycles. The van der Waals surface area contributed by atoms with E-state index in [1.165, 1.54) is 30.3 Å². The Balaban J connectivity index is 2.17. The second-order valence-corrected chi connectivity index (χ2v) is 6.58. The van der Waals surface area contributed by atoms with Crippen molar-refractivity contribution in [2.45, 2.75) is 12.2 Å². The first-order valence-corrected chi connectivity index (χ1v) is 8.20. The van der Waals surface area contributed by atoms with Crippen molar-refractivity contribution in [1.82, 2.24) is 5.32 Å². The molecule has 0 spiro atoms. The van der Waals surface area contributed by atoms with Crippen molar-refractivity contribution in [1.29, 1.82) is 0 Å². The molecule has 0 aliphatic carbocycles. The minimum Gasteiger partial charge on any atom is -0.338 e. The quantitative estimate of drug-likeness (QED) is 0.737. The van der Waals surface area contributed by atoms with E-state index in [9.17, 15) is 23.5 Å². The van der Waals surface area contributed by atoms with Crippen LogP contribution in [0.5, 0.6) is 0 Å². The van der Waals surface area contributed by atoms with Crippen LogP contribution < -0.4 is 5.32 Å². The van der Waals surface area contributed by atoms with E-state index in [0.29, 0.717) is 11.1 Å². The van der Waals surface area contributed by atoms with Crippen molar-refractivity contribution in [2.75, 3.05) is 0 Å². The highest BCUT2D eigenvalue weighted by Gasteiger charge is 2.30. The van der Waals surface area contributed by atoms with E-state index in [2.05, 4.69) is 5.32 Å². The Bertz CT molecular complexity index is 702. The molecule has 0 radical (unpaired) electrons. The van der Waals surface area contributed by atoms with Crippen LogP contribution in [-0.4, -0.2) is 21.5 Å². The van der Waals surface area contributed by atoms with Gasteiger partial charge in [-0.25, -0.2) is 4.39 Å². The molecule has 0 fully saturated rings. The molecule has 0 aliphatic heterocycles. The molecule has 2 aromatic carbocycles. The number of hydrogen-bond donors (Lipinski definition) is 3. The summed E-state index contributed by atoms with van der Waals surface area (Å²) in [5.74, 6) is -2.51. The van der Waals surface area contributed by atoms with Crippen molar-refractivity contribution in [3.05, 3.63) is 71.5 Å². The number of nitrogens with one attached hydrogen (secondary N) is 1. The lowest BCUT2D eigenvalue weighted by molar-refractivity contribution is 0.0943. The van der Waals surface area contributed by atoms with Crippen LogP contribution in [0.4, 0.5) is 4.39 Å². The van der Waals surface area contributed by atoms with Gasteiger partial charge in [0, 0.05) is 12.0 Å². The van der Waals surface area contributed by atoms with Crippen molar-refractivity contribution < 1.29 is 23.5 Å². The first-order valence-electron chi connectivity index (χ1n) is 6.52. The summed E-state index contributed by atoms with van der Waals surface area (Å²) in [6.45, 7) is 0. The zero-order valence-corrected chi connectivity index (χ0v) is 12.4. The van der Waals surface area contributed by atoms with Crippen LogP contribution in [0.3, 0.4) is 0 Å². The third kappa shape index (κ3) is 4.49. The summed E-state index contributed by atoms with van der Waals surface area (Å²) in [6.07, 6.45) is -0.166. The zero-order chi connectivity index (χ0) is 16.2. The van der Waals surface area contributed by atoms with Crippen molar-refractivity contribution >= 4 is 13.5 Å². The Kier molecular flexibility index (Phi) is 5.08. The molecule has 22 heavy (non-hydrogen) atoms. The maximum atomic E-state index is 13.2. The van der Waals surface area contributed by atoms with Gasteiger partial charge in [0.2, 0.25) is 0 Å². The number of rotatable bonds is 5. The van der Waals surface area contributed by atoms with E-state index >= 15 is 0 Å². The molecule has 1 atom stereocenters. The molecule has 2 rings (SSSR count). The highest BCUT2D eigenvalue weighted by molar-refractivity contribution is 7.52. The van der Waals surface area contributed by atoms with Crippen LogP contribution in [0.1, 0.15) is 15.9 Å². The zero-order valence-electron chi connectivity index (χ0n) is 11.5. The summed E-state index contributed by atoms with van der Waals surface area (Å²) in [5, 5.41) is 2.32. The third-order valence-electron chi connectivity index (χ3n) is 3.06. The number of hydrogen-bond acceptors (Lipinski definition) is 2. The van der Waals surface area contributed by atoms with Crippen LogP contribution in [0.15, 0.2) is 54.6 Å². The lowest BCUT2D eigenvalue weighted by Gasteiger charge is -2.20. The molecule has 1 unspecified atom stereocenters. The minimum atomic E-state index is -4.59. The Morgan fingerprint density at radius 3 is 2.41 bits per heavy atom. The SMILES string of the molecule is O=C(NC(Cc1cccc(F)c1)P(=O)(O)O)c1ccccc1. The van der Waals surface area contributed by atoms with Crippen LogP contribution in [0, 0.1) is 5.82 Å². The van der Waals surface area contributed by atoms with E-state index in [-0.39, 0.29) is 6.42 Å². The molecule has 3 N–H and O–H groups in total. The molecule has 1 amide bonds. The highest BCUT2D eigenvalue weighted by Crippen LogP contribution is 2.41. The van der Waals surface area contributed by atoms with Gasteiger partial charge in [0.25, 0.3) is 5.91 Å². The maximum absolute atomic E-state index is 13.2. The fraction of sp³-hybridized carbons (Fsp3) is 0.133. The van der Waals surface area contributed by atoms with E-state index in [1.807, 2.05) is 0 Å². The Morgan fingerprint density at radius 1 is 1.14 bits per heavy atom. The second-order valence-electron chi connectivity index (χ2n) is 4.78. The highest BCUT2D eigenvalue weighted by atomic mass is 31.2. The maximum Gasteiger partial charge on any atom is 0.347 e. The molecule has 0 saturated carbocycles. The molecule has 0 saturated heterocycles. The monoisotopic (exact) mass is 323 g/mol. The summed E-state index contributed by atoms with van der Waals surface area (Å²) < 4.78 is 24.7. The topological polar surface area (TPSA) is 86.6 Å². The molecule has 2 aromatic rings. The van der Waals surface area contributed by atoms with Gasteiger partial charge in [0.1, 0.15) is 11.6 Å². The van der Waals surface area contributed by atoms with Gasteiger partial charge in [-0.2, -0.15) is 0 Å². The first kappa shape index (κ1) is 16.4. The Hall–Kier alpha value is -2.01. The van der Waals surface area contributed by atoms with Crippen LogP contribution in [0.25, 0.3) is 0 Å². The van der Waals surface area contributed by atoms with Crippen LogP contribution in [0.2, 0.25) is 0 Å². The van der Waals surface area contributed by atoms with Crippen molar-refractivity contribution in [3.8, 4) is 0 Å². The summed E-state index contributed by atoms with van der Waals surface area (Å²) >= 11 is 0. The first-order chi connectivity index (χ1) is 10.4. The van der Waals surface area contributed by atoms with Gasteiger partial charge in [-0.05, 0) is 29.8 Å². The number of carbonyl (C=O) groups is 1. The average molecular weight is 323 g/mol.